The summed E-state index contributed by atoms with van der Waals surface area (Å²) in [6.45, 7) is 1.93. The largest absolute Gasteiger partial charge is 0.339 e. The zero-order chi connectivity index (χ0) is 18.4. The van der Waals surface area contributed by atoms with Gasteiger partial charge in [0, 0.05) is 24.0 Å². The number of hydrogen-bond donors (Lipinski definition) is 2. The van der Waals surface area contributed by atoms with Gasteiger partial charge in [0.15, 0.2) is 0 Å². The normalized spacial score (nSPS) is 10.3. The number of nitrogens with one attached hydrogen (secondary N) is 2. The van der Waals surface area contributed by atoms with Crippen LogP contribution in [0.3, 0.4) is 0 Å². The molecule has 0 saturated heterocycles. The number of carbonyl (C=O) groups excluding carboxylic acids is 2. The van der Waals surface area contributed by atoms with E-state index in [0.717, 1.165) is 11.1 Å². The van der Waals surface area contributed by atoms with E-state index in [1.165, 1.54) is 0 Å². The summed E-state index contributed by atoms with van der Waals surface area (Å²) < 4.78 is 5.15. The lowest BCUT2D eigenvalue weighted by atomic mass is 10.1. The van der Waals surface area contributed by atoms with Gasteiger partial charge in [0.2, 0.25) is 17.6 Å². The predicted octanol–water partition coefficient (Wildman–Crippen LogP) is 2.44. The molecule has 0 radical (unpaired) electrons. The average Bonchev–Trinajstić information content (AvgIpc) is 3.15. The fraction of sp³-hybridized carbons (Fsp3) is 0.158. The van der Waals surface area contributed by atoms with Crippen LogP contribution in [-0.2, 0) is 11.2 Å². The molecule has 1 heterocycles. The molecule has 0 aliphatic rings. The third-order valence-corrected chi connectivity index (χ3v) is 3.70. The van der Waals surface area contributed by atoms with Crippen LogP contribution in [0.25, 0.3) is 11.4 Å². The zero-order valence-electron chi connectivity index (χ0n) is 14.2. The standard InChI is InChI=1S/C19H18N4O3/c1-13-7-9-15(10-8-13)19(25)22-21-16(24)11-12-17-20-18(23-26-17)14-5-3-2-4-6-14/h2-10H,11-12H2,1H3,(H,21,24)(H,22,25). The molecule has 7 heteroatoms. The predicted molar refractivity (Wildman–Crippen MR) is 94.8 cm³/mol. The molecule has 1 aromatic heterocycles. The van der Waals surface area contributed by atoms with E-state index in [4.69, 9.17) is 4.52 Å². The molecule has 132 valence electrons. The molecule has 0 atom stereocenters. The number of hydrogen-bond acceptors (Lipinski definition) is 5. The van der Waals surface area contributed by atoms with Crippen LogP contribution in [0, 0.1) is 6.92 Å². The number of hydrazine groups is 1. The maximum absolute atomic E-state index is 11.9. The molecule has 0 fully saturated rings. The van der Waals surface area contributed by atoms with E-state index in [0.29, 0.717) is 17.3 Å². The molecular weight excluding hydrogens is 332 g/mol. The summed E-state index contributed by atoms with van der Waals surface area (Å²) in [6.07, 6.45) is 0.399. The summed E-state index contributed by atoms with van der Waals surface area (Å²) in [6, 6.07) is 16.5. The fourth-order valence-electron chi connectivity index (χ4n) is 2.25. The molecule has 3 aromatic rings. The van der Waals surface area contributed by atoms with Crippen LogP contribution in [0.2, 0.25) is 0 Å². The minimum atomic E-state index is -0.373. The fourth-order valence-corrected chi connectivity index (χ4v) is 2.25. The summed E-state index contributed by atoms with van der Waals surface area (Å²) in [5.41, 5.74) is 7.13. The summed E-state index contributed by atoms with van der Waals surface area (Å²) >= 11 is 0. The van der Waals surface area contributed by atoms with Gasteiger partial charge in [-0.2, -0.15) is 4.98 Å². The van der Waals surface area contributed by atoms with Gasteiger partial charge in [-0.25, -0.2) is 0 Å². The molecule has 26 heavy (non-hydrogen) atoms. The van der Waals surface area contributed by atoms with E-state index >= 15 is 0 Å². The molecule has 0 saturated carbocycles. The van der Waals surface area contributed by atoms with Crippen molar-refractivity contribution in [3.8, 4) is 11.4 Å². The van der Waals surface area contributed by atoms with Crippen LogP contribution < -0.4 is 10.9 Å². The van der Waals surface area contributed by atoms with Crippen molar-refractivity contribution in [1.29, 1.82) is 0 Å². The number of benzene rings is 2. The highest BCUT2D eigenvalue weighted by atomic mass is 16.5. The van der Waals surface area contributed by atoms with Gasteiger partial charge in [-0.15, -0.1) is 0 Å². The van der Waals surface area contributed by atoms with Crippen molar-refractivity contribution in [3.63, 3.8) is 0 Å². The van der Waals surface area contributed by atoms with Crippen LogP contribution >= 0.6 is 0 Å². The first-order valence-corrected chi connectivity index (χ1v) is 8.15. The SMILES string of the molecule is Cc1ccc(C(=O)NNC(=O)CCc2nc(-c3ccccc3)no2)cc1. The molecular formula is C19H18N4O3. The molecule has 0 unspecified atom stereocenters. The molecule has 2 amide bonds. The Morgan fingerprint density at radius 3 is 2.46 bits per heavy atom. The van der Waals surface area contributed by atoms with Gasteiger partial charge >= 0.3 is 0 Å². The highest BCUT2D eigenvalue weighted by Gasteiger charge is 2.11. The molecule has 0 spiro atoms. The highest BCUT2D eigenvalue weighted by Crippen LogP contribution is 2.15. The van der Waals surface area contributed by atoms with Gasteiger partial charge in [-0.1, -0.05) is 53.2 Å². The van der Waals surface area contributed by atoms with Gasteiger partial charge in [0.05, 0.1) is 0 Å². The monoisotopic (exact) mass is 350 g/mol. The Balaban J connectivity index is 1.46. The van der Waals surface area contributed by atoms with Gasteiger partial charge in [-0.3, -0.25) is 20.4 Å². The molecule has 0 bridgehead atoms. The Labute approximate surface area is 150 Å². The van der Waals surface area contributed by atoms with Crippen molar-refractivity contribution in [2.45, 2.75) is 19.8 Å². The van der Waals surface area contributed by atoms with Crippen molar-refractivity contribution < 1.29 is 14.1 Å². The number of aryl methyl sites for hydroxylation is 2. The Kier molecular flexibility index (Phi) is 5.38. The summed E-state index contributed by atoms with van der Waals surface area (Å²) in [5.74, 6) is 0.130. The summed E-state index contributed by atoms with van der Waals surface area (Å²) in [4.78, 5) is 28.1. The van der Waals surface area contributed by atoms with Gasteiger partial charge in [-0.05, 0) is 19.1 Å². The van der Waals surface area contributed by atoms with Crippen LogP contribution in [0.4, 0.5) is 0 Å². The number of aromatic nitrogens is 2. The van der Waals surface area contributed by atoms with Crippen molar-refractivity contribution in [1.82, 2.24) is 21.0 Å². The first-order valence-electron chi connectivity index (χ1n) is 8.15. The van der Waals surface area contributed by atoms with Gasteiger partial charge < -0.3 is 4.52 Å². The van der Waals surface area contributed by atoms with E-state index in [1.54, 1.807) is 12.1 Å². The minimum absolute atomic E-state index is 0.116. The van der Waals surface area contributed by atoms with Crippen molar-refractivity contribution in [2.75, 3.05) is 0 Å². The van der Waals surface area contributed by atoms with E-state index in [2.05, 4.69) is 21.0 Å². The zero-order valence-corrected chi connectivity index (χ0v) is 14.2. The molecule has 7 nitrogen and oxygen atoms in total. The van der Waals surface area contributed by atoms with Crippen molar-refractivity contribution in [2.24, 2.45) is 0 Å². The van der Waals surface area contributed by atoms with Crippen LogP contribution in [-0.4, -0.2) is 22.0 Å². The number of amides is 2. The second-order valence-corrected chi connectivity index (χ2v) is 5.75. The summed E-state index contributed by atoms with van der Waals surface area (Å²) in [7, 11) is 0. The lowest BCUT2D eigenvalue weighted by Gasteiger charge is -2.06. The number of rotatable bonds is 5. The Hall–Kier alpha value is -3.48. The van der Waals surface area contributed by atoms with E-state index in [1.807, 2.05) is 49.4 Å². The average molecular weight is 350 g/mol. The molecule has 2 N–H and O–H groups in total. The lowest BCUT2D eigenvalue weighted by molar-refractivity contribution is -0.121. The molecule has 3 rings (SSSR count). The maximum atomic E-state index is 11.9. The quantitative estimate of drug-likeness (QED) is 0.689. The van der Waals surface area contributed by atoms with Crippen molar-refractivity contribution >= 4 is 11.8 Å². The molecule has 0 aliphatic carbocycles. The minimum Gasteiger partial charge on any atom is -0.339 e. The van der Waals surface area contributed by atoms with Gasteiger partial charge in [0.1, 0.15) is 0 Å². The highest BCUT2D eigenvalue weighted by molar-refractivity contribution is 5.95. The van der Waals surface area contributed by atoms with Crippen molar-refractivity contribution in [3.05, 3.63) is 71.6 Å². The smallest absolute Gasteiger partial charge is 0.269 e. The van der Waals surface area contributed by atoms with Crippen LogP contribution in [0.15, 0.2) is 59.1 Å². The maximum Gasteiger partial charge on any atom is 0.269 e. The first kappa shape index (κ1) is 17.3. The second kappa shape index (κ2) is 8.06. The Morgan fingerprint density at radius 1 is 1.00 bits per heavy atom. The third-order valence-electron chi connectivity index (χ3n) is 3.70. The van der Waals surface area contributed by atoms with Crippen LogP contribution in [0.5, 0.6) is 0 Å². The molecule has 2 aromatic carbocycles. The van der Waals surface area contributed by atoms with Gasteiger partial charge in [0.25, 0.3) is 5.91 Å². The third kappa shape index (κ3) is 4.54. The van der Waals surface area contributed by atoms with Crippen LogP contribution in [0.1, 0.15) is 28.2 Å². The van der Waals surface area contributed by atoms with E-state index in [9.17, 15) is 9.59 Å². The summed E-state index contributed by atoms with van der Waals surface area (Å²) in [5, 5.41) is 3.90. The first-order chi connectivity index (χ1) is 12.6. The number of nitrogens with zero attached hydrogens (tertiary/aromatic N) is 2. The Morgan fingerprint density at radius 2 is 1.73 bits per heavy atom. The lowest BCUT2D eigenvalue weighted by Crippen LogP contribution is -2.41. The van der Waals surface area contributed by atoms with E-state index < -0.39 is 0 Å². The Bertz CT molecular complexity index is 889. The molecule has 0 aliphatic heterocycles. The number of carbonyl (C=O) groups is 2. The second-order valence-electron chi connectivity index (χ2n) is 5.75. The van der Waals surface area contributed by atoms with E-state index in [-0.39, 0.29) is 24.7 Å². The topological polar surface area (TPSA) is 97.1 Å².